The molecule has 200 valence electrons. The van der Waals surface area contributed by atoms with Crippen LogP contribution in [0.5, 0.6) is 0 Å². The minimum absolute atomic E-state index is 0.653. The molecular formula is C39H29N3. The minimum atomic E-state index is 0.653. The number of aryl methyl sites for hydroxylation is 2. The Kier molecular flexibility index (Phi) is 6.30. The first kappa shape index (κ1) is 25.4. The summed E-state index contributed by atoms with van der Waals surface area (Å²) >= 11 is 0. The Bertz CT molecular complexity index is 2090. The molecule has 0 fully saturated rings. The number of hydrogen-bond acceptors (Lipinski definition) is 2. The molecule has 0 saturated carbocycles. The first-order valence-electron chi connectivity index (χ1n) is 14.2. The zero-order valence-corrected chi connectivity index (χ0v) is 23.6. The van der Waals surface area contributed by atoms with Crippen molar-refractivity contribution in [2.45, 2.75) is 13.8 Å². The van der Waals surface area contributed by atoms with E-state index in [0.717, 1.165) is 33.8 Å². The molecule has 0 unspecified atom stereocenters. The topological polar surface area (TPSA) is 32.0 Å². The molecule has 0 aliphatic heterocycles. The highest BCUT2D eigenvalue weighted by Gasteiger charge is 2.21. The summed E-state index contributed by atoms with van der Waals surface area (Å²) in [7, 11) is 0. The smallest absolute Gasteiger partial charge is 0.0991 e. The lowest BCUT2D eigenvalue weighted by Gasteiger charge is -2.27. The van der Waals surface area contributed by atoms with Crippen LogP contribution in [0.15, 0.2) is 140 Å². The number of aromatic nitrogens is 1. The van der Waals surface area contributed by atoms with Crippen LogP contribution >= 0.6 is 0 Å². The largest absolute Gasteiger partial charge is 0.310 e. The molecule has 0 amide bonds. The highest BCUT2D eigenvalue weighted by Crippen LogP contribution is 2.44. The molecule has 7 rings (SSSR count). The second-order valence-corrected chi connectivity index (χ2v) is 10.7. The SMILES string of the molecule is Cc1ccc(N(c2ccc(-c3ccccc3C)cc2)c2cccc3c2c2ccccc2n3-c2ccc(C#N)cc2)cc1. The summed E-state index contributed by atoms with van der Waals surface area (Å²) in [5.74, 6) is 0. The quantitative estimate of drug-likeness (QED) is 0.218. The molecule has 0 saturated heterocycles. The molecule has 3 nitrogen and oxygen atoms in total. The summed E-state index contributed by atoms with van der Waals surface area (Å²) in [6, 6.07) is 51.3. The molecular weight excluding hydrogens is 510 g/mol. The maximum atomic E-state index is 9.37. The van der Waals surface area contributed by atoms with Crippen molar-refractivity contribution in [2.75, 3.05) is 4.90 Å². The molecule has 0 spiro atoms. The fraction of sp³-hybridized carbons (Fsp3) is 0.0513. The second kappa shape index (κ2) is 10.4. The first-order valence-corrected chi connectivity index (χ1v) is 14.2. The van der Waals surface area contributed by atoms with E-state index in [1.54, 1.807) is 0 Å². The van der Waals surface area contributed by atoms with Crippen molar-refractivity contribution in [3.05, 3.63) is 156 Å². The van der Waals surface area contributed by atoms with Gasteiger partial charge in [0.25, 0.3) is 0 Å². The molecule has 0 aliphatic rings. The number of nitrogens with zero attached hydrogens (tertiary/aromatic N) is 3. The number of benzene rings is 6. The Morgan fingerprint density at radius 2 is 1.24 bits per heavy atom. The number of nitriles is 1. The average Bonchev–Trinajstić information content (AvgIpc) is 3.38. The number of rotatable bonds is 5. The van der Waals surface area contributed by atoms with E-state index in [1.807, 2.05) is 24.3 Å². The Hall–Kier alpha value is -5.59. The molecule has 6 aromatic carbocycles. The van der Waals surface area contributed by atoms with E-state index in [0.29, 0.717) is 5.56 Å². The summed E-state index contributed by atoms with van der Waals surface area (Å²) in [6.07, 6.45) is 0. The third-order valence-corrected chi connectivity index (χ3v) is 8.04. The molecule has 7 aromatic rings. The van der Waals surface area contributed by atoms with Gasteiger partial charge in [-0.1, -0.05) is 78.4 Å². The van der Waals surface area contributed by atoms with Crippen LogP contribution in [0.3, 0.4) is 0 Å². The van der Waals surface area contributed by atoms with Gasteiger partial charge in [0.2, 0.25) is 0 Å². The summed E-state index contributed by atoms with van der Waals surface area (Å²) in [5, 5.41) is 11.7. The van der Waals surface area contributed by atoms with Crippen LogP contribution in [0.25, 0.3) is 38.6 Å². The molecule has 0 radical (unpaired) electrons. The van der Waals surface area contributed by atoms with Crippen LogP contribution in [0.2, 0.25) is 0 Å². The molecule has 1 heterocycles. The van der Waals surface area contributed by atoms with E-state index < -0.39 is 0 Å². The fourth-order valence-electron chi connectivity index (χ4n) is 5.96. The number of para-hydroxylation sites is 1. The van der Waals surface area contributed by atoms with Crippen LogP contribution in [0.1, 0.15) is 16.7 Å². The molecule has 0 aliphatic carbocycles. The van der Waals surface area contributed by atoms with Gasteiger partial charge in [-0.15, -0.1) is 0 Å². The van der Waals surface area contributed by atoms with Crippen LogP contribution in [-0.2, 0) is 0 Å². The summed E-state index contributed by atoms with van der Waals surface area (Å²) in [4.78, 5) is 2.36. The molecule has 3 heteroatoms. The lowest BCUT2D eigenvalue weighted by Crippen LogP contribution is -2.10. The highest BCUT2D eigenvalue weighted by molar-refractivity contribution is 6.16. The van der Waals surface area contributed by atoms with Crippen LogP contribution in [-0.4, -0.2) is 4.57 Å². The van der Waals surface area contributed by atoms with Gasteiger partial charge < -0.3 is 9.47 Å². The second-order valence-electron chi connectivity index (χ2n) is 10.7. The van der Waals surface area contributed by atoms with Crippen molar-refractivity contribution in [1.29, 1.82) is 5.26 Å². The number of anilines is 3. The maximum absolute atomic E-state index is 9.37. The van der Waals surface area contributed by atoms with E-state index in [-0.39, 0.29) is 0 Å². The zero-order valence-electron chi connectivity index (χ0n) is 23.6. The van der Waals surface area contributed by atoms with E-state index in [4.69, 9.17) is 0 Å². The summed E-state index contributed by atoms with van der Waals surface area (Å²) in [6.45, 7) is 4.28. The Labute approximate surface area is 246 Å². The summed E-state index contributed by atoms with van der Waals surface area (Å²) < 4.78 is 2.30. The predicted molar refractivity (Wildman–Crippen MR) is 175 cm³/mol. The van der Waals surface area contributed by atoms with Crippen molar-refractivity contribution >= 4 is 38.9 Å². The molecule has 0 N–H and O–H groups in total. The monoisotopic (exact) mass is 539 g/mol. The van der Waals surface area contributed by atoms with Gasteiger partial charge in [0, 0.05) is 27.8 Å². The average molecular weight is 540 g/mol. The fourth-order valence-corrected chi connectivity index (χ4v) is 5.96. The standard InChI is InChI=1S/C39H29N3/c1-27-14-20-31(21-15-27)41(32-24-18-30(19-25-32)34-9-4-3-8-28(34)2)37-12-7-13-38-39(37)35-10-5-6-11-36(35)42(38)33-22-16-29(26-40)17-23-33/h3-25H,1-2H3. The minimum Gasteiger partial charge on any atom is -0.310 e. The Balaban J connectivity index is 1.47. The van der Waals surface area contributed by atoms with Gasteiger partial charge in [0.15, 0.2) is 0 Å². The van der Waals surface area contributed by atoms with Crippen LogP contribution in [0.4, 0.5) is 17.1 Å². The molecule has 0 bridgehead atoms. The maximum Gasteiger partial charge on any atom is 0.0991 e. The zero-order chi connectivity index (χ0) is 28.6. The van der Waals surface area contributed by atoms with Gasteiger partial charge >= 0.3 is 0 Å². The molecule has 1 aromatic heterocycles. The lowest BCUT2D eigenvalue weighted by molar-refractivity contribution is 1.18. The van der Waals surface area contributed by atoms with Gasteiger partial charge in [-0.2, -0.15) is 5.26 Å². The van der Waals surface area contributed by atoms with Gasteiger partial charge in [-0.05, 0) is 97.3 Å². The van der Waals surface area contributed by atoms with Crippen molar-refractivity contribution in [1.82, 2.24) is 4.57 Å². The van der Waals surface area contributed by atoms with Crippen molar-refractivity contribution in [3.63, 3.8) is 0 Å². The van der Waals surface area contributed by atoms with Crippen molar-refractivity contribution in [3.8, 4) is 22.9 Å². The molecule has 0 atom stereocenters. The van der Waals surface area contributed by atoms with Gasteiger partial charge in [0.05, 0.1) is 28.4 Å². The lowest BCUT2D eigenvalue weighted by atomic mass is 10.00. The van der Waals surface area contributed by atoms with E-state index >= 15 is 0 Å². The van der Waals surface area contributed by atoms with E-state index in [1.165, 1.54) is 33.0 Å². The van der Waals surface area contributed by atoms with E-state index in [9.17, 15) is 5.26 Å². The van der Waals surface area contributed by atoms with Gasteiger partial charge in [-0.25, -0.2) is 0 Å². The van der Waals surface area contributed by atoms with E-state index in [2.05, 4.69) is 145 Å². The Morgan fingerprint density at radius 1 is 0.595 bits per heavy atom. The summed E-state index contributed by atoms with van der Waals surface area (Å²) in [5.41, 5.74) is 12.2. The first-order chi connectivity index (χ1) is 20.6. The molecule has 42 heavy (non-hydrogen) atoms. The number of hydrogen-bond donors (Lipinski definition) is 0. The van der Waals surface area contributed by atoms with Crippen LogP contribution < -0.4 is 4.90 Å². The van der Waals surface area contributed by atoms with Gasteiger partial charge in [0.1, 0.15) is 0 Å². The van der Waals surface area contributed by atoms with Gasteiger partial charge in [-0.3, -0.25) is 0 Å². The van der Waals surface area contributed by atoms with Crippen molar-refractivity contribution < 1.29 is 0 Å². The number of fused-ring (bicyclic) bond motifs is 3. The third kappa shape index (κ3) is 4.31. The van der Waals surface area contributed by atoms with Crippen LogP contribution in [0, 0.1) is 25.2 Å². The normalized spacial score (nSPS) is 11.1. The van der Waals surface area contributed by atoms with Crippen molar-refractivity contribution in [2.24, 2.45) is 0 Å². The third-order valence-electron chi connectivity index (χ3n) is 8.04. The Morgan fingerprint density at radius 3 is 1.95 bits per heavy atom. The predicted octanol–water partition coefficient (Wildman–Crippen LogP) is 10.4. The highest BCUT2D eigenvalue weighted by atomic mass is 15.1.